The Bertz CT molecular complexity index is 850. The summed E-state index contributed by atoms with van der Waals surface area (Å²) in [6.45, 7) is 4.43. The second-order valence-corrected chi connectivity index (χ2v) is 7.82. The third kappa shape index (κ3) is 6.85. The molecule has 2 aromatic carbocycles. The summed E-state index contributed by atoms with van der Waals surface area (Å²) < 4.78 is 11.6. The number of esters is 1. The van der Waals surface area contributed by atoms with E-state index in [0.29, 0.717) is 13.0 Å². The van der Waals surface area contributed by atoms with E-state index in [-0.39, 0.29) is 11.9 Å². The fraction of sp³-hybridized carbons (Fsp3) is 0.417. The Kier molecular flexibility index (Phi) is 9.33. The van der Waals surface area contributed by atoms with Crippen molar-refractivity contribution in [2.45, 2.75) is 51.9 Å². The average Bonchev–Trinajstić information content (AvgIpc) is 2.72. The minimum absolute atomic E-state index is 0.208. The number of carbonyl (C=O) groups is 1. The SMILES string of the molecule is CCCCCC=C=C(Br)CCOC(=O)[C@@H](C)c1ccc2cc(OC)ccc2c1. The van der Waals surface area contributed by atoms with Crippen molar-refractivity contribution >= 4 is 32.7 Å². The topological polar surface area (TPSA) is 35.5 Å². The van der Waals surface area contributed by atoms with Gasteiger partial charge in [-0.2, -0.15) is 0 Å². The third-order valence-electron chi connectivity index (χ3n) is 4.70. The van der Waals surface area contributed by atoms with Gasteiger partial charge in [0.05, 0.1) is 19.6 Å². The minimum atomic E-state index is -0.307. The van der Waals surface area contributed by atoms with Crippen LogP contribution in [-0.2, 0) is 9.53 Å². The maximum atomic E-state index is 12.4. The van der Waals surface area contributed by atoms with Gasteiger partial charge in [0.1, 0.15) is 5.75 Å². The molecule has 150 valence electrons. The molecule has 0 fully saturated rings. The van der Waals surface area contributed by atoms with Gasteiger partial charge in [-0.3, -0.25) is 4.79 Å². The van der Waals surface area contributed by atoms with Crippen LogP contribution in [0.2, 0.25) is 0 Å². The molecule has 2 rings (SSSR count). The quantitative estimate of drug-likeness (QED) is 0.227. The van der Waals surface area contributed by atoms with E-state index in [1.807, 2.05) is 49.4 Å². The van der Waals surface area contributed by atoms with Crippen molar-refractivity contribution in [3.63, 3.8) is 0 Å². The summed E-state index contributed by atoms with van der Waals surface area (Å²) in [4.78, 5) is 12.4. The lowest BCUT2D eigenvalue weighted by Crippen LogP contribution is -2.14. The highest BCUT2D eigenvalue weighted by Gasteiger charge is 2.17. The van der Waals surface area contributed by atoms with Crippen molar-refractivity contribution in [3.05, 3.63) is 58.3 Å². The molecule has 0 aliphatic rings. The predicted octanol–water partition coefficient (Wildman–Crippen LogP) is 6.90. The van der Waals surface area contributed by atoms with Crippen LogP contribution in [0.5, 0.6) is 5.75 Å². The van der Waals surface area contributed by atoms with Crippen molar-refractivity contribution in [1.29, 1.82) is 0 Å². The highest BCUT2D eigenvalue weighted by atomic mass is 79.9. The van der Waals surface area contributed by atoms with Crippen LogP contribution in [0.4, 0.5) is 0 Å². The van der Waals surface area contributed by atoms with Gasteiger partial charge in [-0.15, -0.1) is 5.73 Å². The molecule has 0 spiro atoms. The molecule has 0 heterocycles. The number of ether oxygens (including phenoxy) is 2. The molecule has 0 aliphatic carbocycles. The Balaban J connectivity index is 1.88. The summed E-state index contributed by atoms with van der Waals surface area (Å²) in [6.07, 6.45) is 7.38. The fourth-order valence-electron chi connectivity index (χ4n) is 2.89. The summed E-state index contributed by atoms with van der Waals surface area (Å²) in [5, 5.41) is 2.17. The fourth-order valence-corrected chi connectivity index (χ4v) is 3.22. The Morgan fingerprint density at radius 3 is 2.68 bits per heavy atom. The zero-order valence-electron chi connectivity index (χ0n) is 17.0. The lowest BCUT2D eigenvalue weighted by atomic mass is 9.98. The molecule has 0 N–H and O–H groups in total. The molecule has 0 aliphatic heterocycles. The van der Waals surface area contributed by atoms with E-state index < -0.39 is 0 Å². The molecule has 0 saturated heterocycles. The second-order valence-electron chi connectivity index (χ2n) is 6.86. The predicted molar refractivity (Wildman–Crippen MR) is 119 cm³/mol. The first-order chi connectivity index (χ1) is 13.5. The number of hydrogen-bond donors (Lipinski definition) is 0. The van der Waals surface area contributed by atoms with Gasteiger partial charge in [0.15, 0.2) is 0 Å². The van der Waals surface area contributed by atoms with Gasteiger partial charge in [0.25, 0.3) is 0 Å². The van der Waals surface area contributed by atoms with Crippen LogP contribution in [-0.4, -0.2) is 19.7 Å². The molecule has 3 nitrogen and oxygen atoms in total. The smallest absolute Gasteiger partial charge is 0.313 e. The standard InChI is InChI=1S/C24H29BrO3/c1-4-5-6-7-8-9-22(25)14-15-28-24(26)18(2)19-10-11-21-17-23(27-3)13-12-20(21)16-19/h8,10-13,16-18H,4-7,14-15H2,1-3H3/t9?,18-/m0/s1. The number of methoxy groups -OCH3 is 1. The highest BCUT2D eigenvalue weighted by Crippen LogP contribution is 2.26. The van der Waals surface area contributed by atoms with E-state index in [1.165, 1.54) is 19.3 Å². The maximum absolute atomic E-state index is 12.4. The Morgan fingerprint density at radius 1 is 1.18 bits per heavy atom. The molecule has 0 bridgehead atoms. The van der Waals surface area contributed by atoms with Gasteiger partial charge >= 0.3 is 5.97 Å². The minimum Gasteiger partial charge on any atom is -0.497 e. The first-order valence-electron chi connectivity index (χ1n) is 9.89. The van der Waals surface area contributed by atoms with E-state index >= 15 is 0 Å². The van der Waals surface area contributed by atoms with Crippen LogP contribution in [0.25, 0.3) is 10.8 Å². The van der Waals surface area contributed by atoms with Crippen molar-refractivity contribution in [1.82, 2.24) is 0 Å². The van der Waals surface area contributed by atoms with E-state index in [1.54, 1.807) is 7.11 Å². The molecule has 0 radical (unpaired) electrons. The first-order valence-corrected chi connectivity index (χ1v) is 10.7. The molecule has 1 atom stereocenters. The summed E-state index contributed by atoms with van der Waals surface area (Å²) in [5.74, 6) is 0.310. The van der Waals surface area contributed by atoms with Gasteiger partial charge in [-0.05, 0) is 70.2 Å². The molecule has 4 heteroatoms. The van der Waals surface area contributed by atoms with Crippen LogP contribution in [0.3, 0.4) is 0 Å². The number of benzene rings is 2. The lowest BCUT2D eigenvalue weighted by molar-refractivity contribution is -0.144. The van der Waals surface area contributed by atoms with Crippen LogP contribution in [0.15, 0.2) is 52.7 Å². The molecule has 28 heavy (non-hydrogen) atoms. The first kappa shape index (κ1) is 22.3. The van der Waals surface area contributed by atoms with Crippen molar-refractivity contribution in [2.75, 3.05) is 13.7 Å². The number of halogens is 1. The third-order valence-corrected chi connectivity index (χ3v) is 5.33. The number of fused-ring (bicyclic) bond motifs is 1. The van der Waals surface area contributed by atoms with Crippen LogP contribution in [0, 0.1) is 0 Å². The Hall–Kier alpha value is -2.03. The largest absolute Gasteiger partial charge is 0.497 e. The van der Waals surface area contributed by atoms with Crippen molar-refractivity contribution in [2.24, 2.45) is 0 Å². The molecule has 0 aromatic heterocycles. The van der Waals surface area contributed by atoms with E-state index in [2.05, 4.69) is 28.6 Å². The Labute approximate surface area is 176 Å². The molecular weight excluding hydrogens is 416 g/mol. The summed E-state index contributed by atoms with van der Waals surface area (Å²) in [6, 6.07) is 11.9. The summed E-state index contributed by atoms with van der Waals surface area (Å²) in [7, 11) is 1.66. The van der Waals surface area contributed by atoms with Crippen LogP contribution in [0.1, 0.15) is 57.4 Å². The Morgan fingerprint density at radius 2 is 1.93 bits per heavy atom. The monoisotopic (exact) mass is 444 g/mol. The van der Waals surface area contributed by atoms with Crippen molar-refractivity contribution in [3.8, 4) is 5.75 Å². The number of rotatable bonds is 10. The summed E-state index contributed by atoms with van der Waals surface area (Å²) >= 11 is 3.49. The number of hydrogen-bond acceptors (Lipinski definition) is 3. The average molecular weight is 445 g/mol. The van der Waals surface area contributed by atoms with Gasteiger partial charge in [0.2, 0.25) is 0 Å². The van der Waals surface area contributed by atoms with Gasteiger partial charge < -0.3 is 9.47 Å². The zero-order valence-corrected chi connectivity index (χ0v) is 18.6. The van der Waals surface area contributed by atoms with Crippen LogP contribution >= 0.6 is 15.9 Å². The molecule has 0 amide bonds. The van der Waals surface area contributed by atoms with Gasteiger partial charge in [0, 0.05) is 10.9 Å². The molecule has 0 unspecified atom stereocenters. The zero-order chi connectivity index (χ0) is 20.4. The highest BCUT2D eigenvalue weighted by molar-refractivity contribution is 9.11. The molecular formula is C24H29BrO3. The normalized spacial score (nSPS) is 11.6. The summed E-state index contributed by atoms with van der Waals surface area (Å²) in [5.41, 5.74) is 4.16. The van der Waals surface area contributed by atoms with Gasteiger partial charge in [-0.25, -0.2) is 0 Å². The molecule has 0 saturated carbocycles. The lowest BCUT2D eigenvalue weighted by Gasteiger charge is -2.13. The van der Waals surface area contributed by atoms with Crippen molar-refractivity contribution < 1.29 is 14.3 Å². The maximum Gasteiger partial charge on any atom is 0.313 e. The van der Waals surface area contributed by atoms with E-state index in [4.69, 9.17) is 9.47 Å². The molecule has 2 aromatic rings. The number of unbranched alkanes of at least 4 members (excludes halogenated alkanes) is 3. The van der Waals surface area contributed by atoms with E-state index in [9.17, 15) is 4.79 Å². The van der Waals surface area contributed by atoms with Crippen LogP contribution < -0.4 is 4.74 Å². The number of carbonyl (C=O) groups excluding carboxylic acids is 1. The van der Waals surface area contributed by atoms with E-state index in [0.717, 1.165) is 33.0 Å². The second kappa shape index (κ2) is 11.7. The van der Waals surface area contributed by atoms with Gasteiger partial charge in [-0.1, -0.05) is 44.0 Å².